The van der Waals surface area contributed by atoms with E-state index in [2.05, 4.69) is 0 Å². The number of para-hydroxylation sites is 1. The molecule has 1 aromatic rings. The fourth-order valence-electron chi connectivity index (χ4n) is 2.34. The number of carbonyl (C=O) groups excluding carboxylic acids is 1. The van der Waals surface area contributed by atoms with Crippen LogP contribution in [-0.4, -0.2) is 31.0 Å². The Bertz CT molecular complexity index is 454. The summed E-state index contributed by atoms with van der Waals surface area (Å²) >= 11 is 0. The molecule has 5 nitrogen and oxygen atoms in total. The van der Waals surface area contributed by atoms with Crippen molar-refractivity contribution in [3.8, 4) is 0 Å². The average molecular weight is 235 g/mol. The van der Waals surface area contributed by atoms with Crippen molar-refractivity contribution in [1.29, 1.82) is 0 Å². The Hall–Kier alpha value is -1.43. The van der Waals surface area contributed by atoms with E-state index in [-0.39, 0.29) is 12.6 Å². The van der Waals surface area contributed by atoms with Crippen molar-refractivity contribution in [2.45, 2.75) is 12.2 Å². The van der Waals surface area contributed by atoms with Gasteiger partial charge in [-0.25, -0.2) is 0 Å². The first-order chi connectivity index (χ1) is 8.29. The van der Waals surface area contributed by atoms with E-state index in [1.165, 1.54) is 4.90 Å². The zero-order valence-corrected chi connectivity index (χ0v) is 9.26. The van der Waals surface area contributed by atoms with E-state index < -0.39 is 5.79 Å². The summed E-state index contributed by atoms with van der Waals surface area (Å²) in [5.41, 5.74) is 1.33. The van der Waals surface area contributed by atoms with Crippen LogP contribution in [0.1, 0.15) is 12.0 Å². The van der Waals surface area contributed by atoms with E-state index >= 15 is 0 Å². The number of aliphatic hydroxyl groups excluding tert-OH is 1. The first-order valence-electron chi connectivity index (χ1n) is 5.60. The molecule has 2 aliphatic heterocycles. The molecule has 1 amide bonds. The third-order valence-corrected chi connectivity index (χ3v) is 3.12. The Kier molecular flexibility index (Phi) is 2.39. The van der Waals surface area contributed by atoms with Gasteiger partial charge in [-0.3, -0.25) is 9.69 Å². The monoisotopic (exact) mass is 235 g/mol. The zero-order chi connectivity index (χ0) is 11.9. The molecule has 90 valence electrons. The van der Waals surface area contributed by atoms with Crippen LogP contribution in [-0.2, 0) is 20.1 Å². The van der Waals surface area contributed by atoms with Gasteiger partial charge in [-0.2, -0.15) is 0 Å². The predicted octanol–water partition coefficient (Wildman–Crippen LogP) is 0.573. The number of ether oxygens (including phenoxy) is 2. The highest BCUT2D eigenvalue weighted by molar-refractivity contribution is 6.05. The average Bonchev–Trinajstić information content (AvgIpc) is 2.61. The molecule has 0 radical (unpaired) electrons. The molecule has 0 bridgehead atoms. The number of benzene rings is 1. The number of amides is 1. The van der Waals surface area contributed by atoms with Crippen molar-refractivity contribution >= 4 is 11.6 Å². The van der Waals surface area contributed by atoms with Crippen LogP contribution in [0.25, 0.3) is 0 Å². The maximum absolute atomic E-state index is 12.3. The third-order valence-electron chi connectivity index (χ3n) is 3.12. The Morgan fingerprint density at radius 2 is 2.00 bits per heavy atom. The summed E-state index contributed by atoms with van der Waals surface area (Å²) < 4.78 is 11.1. The minimum Gasteiger partial charge on any atom is -0.376 e. The number of rotatable bonds is 1. The second kappa shape index (κ2) is 3.80. The van der Waals surface area contributed by atoms with Crippen LogP contribution in [0.5, 0.6) is 0 Å². The van der Waals surface area contributed by atoms with Gasteiger partial charge < -0.3 is 14.6 Å². The molecule has 2 heterocycles. The SMILES string of the molecule is O=C1N(CO)c2ccccc2C12OCCCO2. The topological polar surface area (TPSA) is 59.0 Å². The largest absolute Gasteiger partial charge is 0.376 e. The second-order valence-electron chi connectivity index (χ2n) is 4.06. The Balaban J connectivity index is 2.14. The van der Waals surface area contributed by atoms with Crippen molar-refractivity contribution in [2.24, 2.45) is 0 Å². The van der Waals surface area contributed by atoms with Crippen LogP contribution in [0.3, 0.4) is 0 Å². The van der Waals surface area contributed by atoms with Crippen LogP contribution in [0.15, 0.2) is 24.3 Å². The highest BCUT2D eigenvalue weighted by atomic mass is 16.7. The molecule has 2 aliphatic rings. The van der Waals surface area contributed by atoms with Gasteiger partial charge in [0.15, 0.2) is 0 Å². The molecule has 1 fully saturated rings. The highest BCUT2D eigenvalue weighted by Gasteiger charge is 2.54. The summed E-state index contributed by atoms with van der Waals surface area (Å²) in [5.74, 6) is -1.68. The van der Waals surface area contributed by atoms with E-state index in [0.717, 1.165) is 6.42 Å². The lowest BCUT2D eigenvalue weighted by Gasteiger charge is -2.32. The van der Waals surface area contributed by atoms with Gasteiger partial charge in [0.25, 0.3) is 11.7 Å². The van der Waals surface area contributed by atoms with Crippen molar-refractivity contribution in [2.75, 3.05) is 24.8 Å². The molecule has 1 spiro atoms. The normalized spacial score (nSPS) is 21.9. The lowest BCUT2D eigenvalue weighted by molar-refractivity contribution is -0.257. The van der Waals surface area contributed by atoms with Crippen molar-refractivity contribution < 1.29 is 19.4 Å². The maximum atomic E-state index is 12.3. The summed E-state index contributed by atoms with van der Waals surface area (Å²) in [7, 11) is 0. The van der Waals surface area contributed by atoms with E-state index in [1.807, 2.05) is 12.1 Å². The first kappa shape index (κ1) is 10.7. The van der Waals surface area contributed by atoms with Crippen molar-refractivity contribution in [3.63, 3.8) is 0 Å². The zero-order valence-electron chi connectivity index (χ0n) is 9.26. The lowest BCUT2D eigenvalue weighted by atomic mass is 10.1. The summed E-state index contributed by atoms with van der Waals surface area (Å²) in [6.45, 7) is 0.600. The van der Waals surface area contributed by atoms with E-state index in [4.69, 9.17) is 9.47 Å². The second-order valence-corrected chi connectivity index (χ2v) is 4.06. The molecule has 0 atom stereocenters. The number of fused-ring (bicyclic) bond motifs is 2. The Morgan fingerprint density at radius 1 is 1.29 bits per heavy atom. The first-order valence-corrected chi connectivity index (χ1v) is 5.60. The molecule has 0 saturated carbocycles. The van der Waals surface area contributed by atoms with Crippen LogP contribution in [0.4, 0.5) is 5.69 Å². The molecule has 3 rings (SSSR count). The van der Waals surface area contributed by atoms with Gasteiger partial charge >= 0.3 is 0 Å². The summed E-state index contributed by atoms with van der Waals surface area (Å²) in [6, 6.07) is 7.22. The molecule has 1 saturated heterocycles. The molecule has 0 aliphatic carbocycles. The molecule has 5 heteroatoms. The van der Waals surface area contributed by atoms with Gasteiger partial charge in [-0.05, 0) is 12.5 Å². The lowest BCUT2D eigenvalue weighted by Crippen LogP contribution is -2.47. The molecule has 0 aromatic heterocycles. The summed E-state index contributed by atoms with van der Waals surface area (Å²) in [6.07, 6.45) is 0.774. The predicted molar refractivity (Wildman–Crippen MR) is 59.2 cm³/mol. The Labute approximate surface area is 98.6 Å². The maximum Gasteiger partial charge on any atom is 0.294 e. The van der Waals surface area contributed by atoms with Crippen LogP contribution >= 0.6 is 0 Å². The van der Waals surface area contributed by atoms with Gasteiger partial charge in [0.05, 0.1) is 18.9 Å². The molecular formula is C12H13NO4. The standard InChI is InChI=1S/C12H13NO4/c14-8-13-10-5-2-1-4-9(10)12(11(13)15)16-6-3-7-17-12/h1-2,4-5,14H,3,6-8H2. The minimum absolute atomic E-state index is 0.346. The number of carbonyl (C=O) groups is 1. The number of hydrogen-bond donors (Lipinski definition) is 1. The number of anilines is 1. The van der Waals surface area contributed by atoms with Gasteiger partial charge in [0.2, 0.25) is 0 Å². The van der Waals surface area contributed by atoms with E-state index in [1.54, 1.807) is 12.1 Å². The molecule has 17 heavy (non-hydrogen) atoms. The number of nitrogens with zero attached hydrogens (tertiary/aromatic N) is 1. The minimum atomic E-state index is -1.34. The fraction of sp³-hybridized carbons (Fsp3) is 0.417. The third kappa shape index (κ3) is 1.33. The van der Waals surface area contributed by atoms with Gasteiger partial charge in [-0.1, -0.05) is 18.2 Å². The highest BCUT2D eigenvalue weighted by Crippen LogP contribution is 2.44. The van der Waals surface area contributed by atoms with Crippen LogP contribution < -0.4 is 4.90 Å². The van der Waals surface area contributed by atoms with Crippen molar-refractivity contribution in [1.82, 2.24) is 0 Å². The van der Waals surface area contributed by atoms with Crippen LogP contribution in [0, 0.1) is 0 Å². The Morgan fingerprint density at radius 3 is 2.71 bits per heavy atom. The van der Waals surface area contributed by atoms with E-state index in [9.17, 15) is 9.90 Å². The number of hydrogen-bond acceptors (Lipinski definition) is 4. The fourth-order valence-corrected chi connectivity index (χ4v) is 2.34. The van der Waals surface area contributed by atoms with Crippen LogP contribution in [0.2, 0.25) is 0 Å². The summed E-state index contributed by atoms with van der Waals surface area (Å²) in [5, 5.41) is 9.29. The number of aliphatic hydroxyl groups is 1. The van der Waals surface area contributed by atoms with Gasteiger partial charge in [0.1, 0.15) is 6.73 Å². The molecule has 0 unspecified atom stereocenters. The quantitative estimate of drug-likeness (QED) is 0.773. The van der Waals surface area contributed by atoms with Crippen molar-refractivity contribution in [3.05, 3.63) is 29.8 Å². The smallest absolute Gasteiger partial charge is 0.294 e. The van der Waals surface area contributed by atoms with E-state index in [0.29, 0.717) is 24.5 Å². The van der Waals surface area contributed by atoms with Gasteiger partial charge in [0, 0.05) is 5.56 Å². The van der Waals surface area contributed by atoms with Gasteiger partial charge in [-0.15, -0.1) is 0 Å². The summed E-state index contributed by atoms with van der Waals surface area (Å²) in [4.78, 5) is 13.6. The molecule has 1 aromatic carbocycles. The molecular weight excluding hydrogens is 222 g/mol. The molecule has 1 N–H and O–H groups in total.